The van der Waals surface area contributed by atoms with Gasteiger partial charge in [-0.05, 0) is 31.6 Å². The van der Waals surface area contributed by atoms with E-state index >= 15 is 0 Å². The maximum Gasteiger partial charge on any atom is 0.472 e. The van der Waals surface area contributed by atoms with Gasteiger partial charge in [0, 0.05) is 25.7 Å². The summed E-state index contributed by atoms with van der Waals surface area (Å²) in [7, 11) is -9.94. The van der Waals surface area contributed by atoms with Crippen LogP contribution in [-0.2, 0) is 65.4 Å². The molecule has 3 unspecified atom stereocenters. The van der Waals surface area contributed by atoms with E-state index in [1.807, 2.05) is 0 Å². The number of carbonyl (C=O) groups excluding carboxylic acids is 4. The van der Waals surface area contributed by atoms with E-state index in [0.717, 1.165) is 95.8 Å². The number of ether oxygens (including phenoxy) is 4. The molecule has 666 valence electrons. The molecule has 0 fully saturated rings. The minimum atomic E-state index is -4.97. The molecule has 0 aliphatic carbocycles. The van der Waals surface area contributed by atoms with Crippen LogP contribution in [0.15, 0.2) is 0 Å². The van der Waals surface area contributed by atoms with E-state index < -0.39 is 97.5 Å². The van der Waals surface area contributed by atoms with E-state index in [2.05, 4.69) is 34.6 Å². The van der Waals surface area contributed by atoms with Crippen LogP contribution in [0, 0.1) is 5.92 Å². The standard InChI is InChI=1S/C93H182O17P2/c1-6-10-13-16-19-22-25-27-29-31-32-33-34-35-40-43-47-52-57-62-67-72-77-91(96)104-83-89(110-93(98)79-74-69-64-59-54-49-45-41-37-36-39-42-46-51-55-60-65-70-75-86(5)9-4)85-108-112(101,102)106-81-87(94)80-105-111(99,100)107-84-88(82-103-90(95)76-71-66-61-56-50-24-21-18-15-12-8-3)109-92(97)78-73-68-63-58-53-48-44-38-30-28-26-23-20-17-14-11-7-2/h86-89,94H,6-85H2,1-5H3,(H,99,100)(H,101,102)/t86?,87-,88+,89+/m0/s1. The first-order valence-electron chi connectivity index (χ1n) is 48.2. The zero-order valence-electron chi connectivity index (χ0n) is 73.8. The van der Waals surface area contributed by atoms with Crippen LogP contribution in [0.4, 0.5) is 0 Å². The average Bonchev–Trinajstić information content (AvgIpc) is 0.898. The summed E-state index contributed by atoms with van der Waals surface area (Å²) < 4.78 is 69.1. The number of phosphoric ester groups is 2. The summed E-state index contributed by atoms with van der Waals surface area (Å²) in [5, 5.41) is 10.7. The van der Waals surface area contributed by atoms with Crippen LogP contribution in [0.25, 0.3) is 0 Å². The summed E-state index contributed by atoms with van der Waals surface area (Å²) in [6.07, 6.45) is 82.0. The molecule has 0 spiro atoms. The molecule has 19 heteroatoms. The number of hydrogen-bond acceptors (Lipinski definition) is 15. The van der Waals surface area contributed by atoms with Crippen LogP contribution < -0.4 is 0 Å². The Morgan fingerprint density at radius 3 is 0.634 bits per heavy atom. The molecule has 0 aliphatic heterocycles. The third-order valence-electron chi connectivity index (χ3n) is 22.4. The molecule has 0 saturated carbocycles. The average molecular weight is 1630 g/mol. The first-order valence-corrected chi connectivity index (χ1v) is 51.2. The number of unbranched alkanes of at least 4 members (excludes halogenated alkanes) is 64. The number of carbonyl (C=O) groups is 4. The number of aliphatic hydroxyl groups excluding tert-OH is 1. The number of aliphatic hydroxyl groups is 1. The first kappa shape index (κ1) is 110. The Balaban J connectivity index is 5.22. The predicted octanol–water partition coefficient (Wildman–Crippen LogP) is 29.1. The highest BCUT2D eigenvalue weighted by Crippen LogP contribution is 2.45. The lowest BCUT2D eigenvalue weighted by molar-refractivity contribution is -0.161. The highest BCUT2D eigenvalue weighted by molar-refractivity contribution is 7.47. The molecular weight excluding hydrogens is 1450 g/mol. The molecule has 0 radical (unpaired) electrons. The molecule has 0 rings (SSSR count). The normalized spacial score (nSPS) is 13.9. The molecule has 112 heavy (non-hydrogen) atoms. The predicted molar refractivity (Wildman–Crippen MR) is 465 cm³/mol. The number of phosphoric acid groups is 2. The van der Waals surface area contributed by atoms with Crippen molar-refractivity contribution in [3.05, 3.63) is 0 Å². The summed E-state index contributed by atoms with van der Waals surface area (Å²) in [5.74, 6) is -1.22. The zero-order chi connectivity index (χ0) is 81.8. The van der Waals surface area contributed by atoms with E-state index in [9.17, 15) is 43.2 Å². The molecule has 0 aliphatic rings. The molecule has 17 nitrogen and oxygen atoms in total. The SMILES string of the molecule is CCCCCCCCCCCCCCCCCCCCCCCCC(=O)OC[C@H](COP(=O)(O)OC[C@@H](O)COP(=O)(O)OC[C@@H](COC(=O)CCCCCCCCCCCCC)OC(=O)CCCCCCCCCCCCCCCCCCC)OC(=O)CCCCCCCCCCCCCCCCCCCCC(C)CC. The van der Waals surface area contributed by atoms with Gasteiger partial charge in [0.1, 0.15) is 19.3 Å². The lowest BCUT2D eigenvalue weighted by Gasteiger charge is -2.21. The number of esters is 4. The number of hydrogen-bond donors (Lipinski definition) is 3. The van der Waals surface area contributed by atoms with Gasteiger partial charge in [-0.25, -0.2) is 9.13 Å². The van der Waals surface area contributed by atoms with E-state index in [0.29, 0.717) is 25.7 Å². The maximum absolute atomic E-state index is 13.2. The largest absolute Gasteiger partial charge is 0.472 e. The van der Waals surface area contributed by atoms with Gasteiger partial charge in [-0.15, -0.1) is 0 Å². The van der Waals surface area contributed by atoms with Crippen LogP contribution >= 0.6 is 15.6 Å². The van der Waals surface area contributed by atoms with Crippen LogP contribution in [0.1, 0.15) is 510 Å². The molecule has 0 aromatic rings. The van der Waals surface area contributed by atoms with Gasteiger partial charge in [0.25, 0.3) is 0 Å². The van der Waals surface area contributed by atoms with Crippen molar-refractivity contribution < 1.29 is 80.2 Å². The second kappa shape index (κ2) is 85.5. The lowest BCUT2D eigenvalue weighted by atomic mass is 9.99. The molecule has 6 atom stereocenters. The van der Waals surface area contributed by atoms with E-state index in [1.165, 1.54) is 334 Å². The molecule has 0 heterocycles. The summed E-state index contributed by atoms with van der Waals surface area (Å²) in [4.78, 5) is 73.5. The van der Waals surface area contributed by atoms with E-state index in [1.54, 1.807) is 0 Å². The molecule has 0 bridgehead atoms. The third kappa shape index (κ3) is 84.5. The fraction of sp³-hybridized carbons (Fsp3) is 0.957. The van der Waals surface area contributed by atoms with Gasteiger partial charge in [0.05, 0.1) is 26.4 Å². The first-order chi connectivity index (χ1) is 54.6. The van der Waals surface area contributed by atoms with Crippen molar-refractivity contribution >= 4 is 39.5 Å². The van der Waals surface area contributed by atoms with E-state index in [4.69, 9.17) is 37.0 Å². The highest BCUT2D eigenvalue weighted by atomic mass is 31.2. The van der Waals surface area contributed by atoms with Crippen molar-refractivity contribution in [3.8, 4) is 0 Å². The Labute approximate surface area is 689 Å². The van der Waals surface area contributed by atoms with Gasteiger partial charge in [0.2, 0.25) is 0 Å². The van der Waals surface area contributed by atoms with Crippen molar-refractivity contribution in [2.45, 2.75) is 528 Å². The minimum Gasteiger partial charge on any atom is -0.462 e. The van der Waals surface area contributed by atoms with Crippen molar-refractivity contribution in [3.63, 3.8) is 0 Å². The van der Waals surface area contributed by atoms with Gasteiger partial charge < -0.3 is 33.8 Å². The van der Waals surface area contributed by atoms with Gasteiger partial charge in [0.15, 0.2) is 12.2 Å². The summed E-state index contributed by atoms with van der Waals surface area (Å²) >= 11 is 0. The van der Waals surface area contributed by atoms with Crippen LogP contribution in [0.2, 0.25) is 0 Å². The summed E-state index contributed by atoms with van der Waals surface area (Å²) in [6.45, 7) is 7.47. The van der Waals surface area contributed by atoms with Gasteiger partial charge in [-0.3, -0.25) is 37.3 Å². The molecular formula is C93H182O17P2. The Hall–Kier alpha value is -1.94. The fourth-order valence-corrected chi connectivity index (χ4v) is 16.3. The Morgan fingerprint density at radius 2 is 0.429 bits per heavy atom. The Bertz CT molecular complexity index is 2120. The van der Waals surface area contributed by atoms with Crippen LogP contribution in [0.5, 0.6) is 0 Å². The minimum absolute atomic E-state index is 0.109. The van der Waals surface area contributed by atoms with Crippen molar-refractivity contribution in [1.29, 1.82) is 0 Å². The number of rotatable bonds is 93. The monoisotopic (exact) mass is 1630 g/mol. The van der Waals surface area contributed by atoms with Crippen molar-refractivity contribution in [2.75, 3.05) is 39.6 Å². The van der Waals surface area contributed by atoms with Gasteiger partial charge >= 0.3 is 39.5 Å². The molecule has 3 N–H and O–H groups in total. The molecule has 0 amide bonds. The third-order valence-corrected chi connectivity index (χ3v) is 24.3. The smallest absolute Gasteiger partial charge is 0.462 e. The Kier molecular flexibility index (Phi) is 84.0. The summed E-state index contributed by atoms with van der Waals surface area (Å²) in [5.41, 5.74) is 0. The zero-order valence-corrected chi connectivity index (χ0v) is 75.6. The second-order valence-corrected chi connectivity index (χ2v) is 36.6. The van der Waals surface area contributed by atoms with Gasteiger partial charge in [-0.2, -0.15) is 0 Å². The second-order valence-electron chi connectivity index (χ2n) is 33.6. The fourth-order valence-electron chi connectivity index (χ4n) is 14.7. The molecule has 0 aromatic heterocycles. The topological polar surface area (TPSA) is 237 Å². The van der Waals surface area contributed by atoms with Gasteiger partial charge in [-0.1, -0.05) is 458 Å². The molecule has 0 saturated heterocycles. The maximum atomic E-state index is 13.2. The van der Waals surface area contributed by atoms with E-state index in [-0.39, 0.29) is 25.7 Å². The quantitative estimate of drug-likeness (QED) is 0.0222. The van der Waals surface area contributed by atoms with Crippen LogP contribution in [0.3, 0.4) is 0 Å². The van der Waals surface area contributed by atoms with Crippen molar-refractivity contribution in [1.82, 2.24) is 0 Å². The Morgan fingerprint density at radius 1 is 0.250 bits per heavy atom. The van der Waals surface area contributed by atoms with Crippen molar-refractivity contribution in [2.24, 2.45) is 5.92 Å². The molecule has 0 aromatic carbocycles. The highest BCUT2D eigenvalue weighted by Gasteiger charge is 2.31. The summed E-state index contributed by atoms with van der Waals surface area (Å²) in [6, 6.07) is 0. The lowest BCUT2D eigenvalue weighted by Crippen LogP contribution is -2.30. The van der Waals surface area contributed by atoms with Crippen LogP contribution in [-0.4, -0.2) is 96.7 Å².